The summed E-state index contributed by atoms with van der Waals surface area (Å²) >= 11 is 0. The first kappa shape index (κ1) is 24.6. The highest BCUT2D eigenvalue weighted by Gasteiger charge is 2.25. The predicted octanol–water partition coefficient (Wildman–Crippen LogP) is 3.24. The smallest absolute Gasteiger partial charge is 0.240 e. The van der Waals surface area contributed by atoms with E-state index in [1.165, 1.54) is 12.6 Å². The predicted molar refractivity (Wildman–Crippen MR) is 133 cm³/mol. The van der Waals surface area contributed by atoms with Crippen molar-refractivity contribution in [3.63, 3.8) is 0 Å². The van der Waals surface area contributed by atoms with Crippen molar-refractivity contribution in [3.8, 4) is 0 Å². The number of nitrogens with one attached hydrogen (secondary N) is 2. The second kappa shape index (κ2) is 11.7. The number of halogens is 1. The lowest BCUT2D eigenvalue weighted by molar-refractivity contribution is 0.460. The number of nitrogens with zero attached hydrogens (tertiary/aromatic N) is 2. The zero-order valence-electron chi connectivity index (χ0n) is 17.5. The van der Waals surface area contributed by atoms with Gasteiger partial charge in [-0.25, -0.2) is 18.1 Å². The van der Waals surface area contributed by atoms with E-state index in [0.29, 0.717) is 12.5 Å². The third kappa shape index (κ3) is 6.68. The van der Waals surface area contributed by atoms with Gasteiger partial charge in [-0.3, -0.25) is 0 Å². The maximum Gasteiger partial charge on any atom is 0.240 e. The molecular weight excluding hydrogens is 511 g/mol. The summed E-state index contributed by atoms with van der Waals surface area (Å²) in [5.74, 6) is 1.56. The lowest BCUT2D eigenvalue weighted by Gasteiger charge is -2.21. The minimum Gasteiger partial charge on any atom is -0.357 e. The van der Waals surface area contributed by atoms with Crippen molar-refractivity contribution in [1.29, 1.82) is 0 Å². The molecule has 1 saturated heterocycles. The van der Waals surface area contributed by atoms with Gasteiger partial charge in [0.15, 0.2) is 5.96 Å². The minimum absolute atomic E-state index is 0. The monoisotopic (exact) mass is 542 g/mol. The molecular formula is C22H31IN4O2S. The van der Waals surface area contributed by atoms with Crippen molar-refractivity contribution >= 4 is 40.0 Å². The van der Waals surface area contributed by atoms with Crippen LogP contribution in [0.25, 0.3) is 0 Å². The van der Waals surface area contributed by atoms with Crippen LogP contribution in [-0.4, -0.2) is 46.0 Å². The van der Waals surface area contributed by atoms with Crippen molar-refractivity contribution in [2.45, 2.75) is 31.2 Å². The van der Waals surface area contributed by atoms with Gasteiger partial charge in [-0.15, -0.1) is 24.0 Å². The van der Waals surface area contributed by atoms with Gasteiger partial charge in [0.25, 0.3) is 0 Å². The Hall–Kier alpha value is -1.65. The standard InChI is InChI=1S/C22H30N4O2S.HI/c1-3-24-22(25-16-19-9-11-21(12-10-19)29(27,28)23-2)26-14-13-20(17-26)15-18-7-5-4-6-8-18;/h4-12,20,23H,3,13-17H2,1-2H3,(H,24,25);1H. The van der Waals surface area contributed by atoms with Crippen molar-refractivity contribution < 1.29 is 8.42 Å². The van der Waals surface area contributed by atoms with Crippen LogP contribution in [0.1, 0.15) is 24.5 Å². The van der Waals surface area contributed by atoms with E-state index < -0.39 is 10.0 Å². The van der Waals surface area contributed by atoms with Crippen LogP contribution in [0.2, 0.25) is 0 Å². The molecule has 164 valence electrons. The molecule has 0 saturated carbocycles. The number of likely N-dealkylation sites (tertiary alicyclic amines) is 1. The number of hydrogen-bond donors (Lipinski definition) is 2. The summed E-state index contributed by atoms with van der Waals surface area (Å²) in [6, 6.07) is 17.5. The molecule has 8 heteroatoms. The lowest BCUT2D eigenvalue weighted by Crippen LogP contribution is -2.40. The topological polar surface area (TPSA) is 73.8 Å². The Kier molecular flexibility index (Phi) is 9.57. The lowest BCUT2D eigenvalue weighted by atomic mass is 9.99. The van der Waals surface area contributed by atoms with Crippen LogP contribution in [0.3, 0.4) is 0 Å². The molecule has 2 aromatic carbocycles. The van der Waals surface area contributed by atoms with Gasteiger partial charge in [0, 0.05) is 19.6 Å². The molecule has 2 aromatic rings. The molecule has 2 N–H and O–H groups in total. The third-order valence-corrected chi connectivity index (χ3v) is 6.63. The summed E-state index contributed by atoms with van der Waals surface area (Å²) in [5.41, 5.74) is 2.37. The minimum atomic E-state index is -3.41. The van der Waals surface area contributed by atoms with Crippen molar-refractivity contribution in [2.75, 3.05) is 26.7 Å². The number of aliphatic imine (C=N–C) groups is 1. The first-order valence-electron chi connectivity index (χ1n) is 10.1. The summed E-state index contributed by atoms with van der Waals surface area (Å²) in [4.78, 5) is 7.38. The van der Waals surface area contributed by atoms with E-state index in [9.17, 15) is 8.42 Å². The third-order valence-electron chi connectivity index (χ3n) is 5.20. The zero-order chi connectivity index (χ0) is 20.7. The highest BCUT2D eigenvalue weighted by Crippen LogP contribution is 2.21. The van der Waals surface area contributed by atoms with E-state index in [0.717, 1.165) is 44.0 Å². The average molecular weight is 542 g/mol. The fourth-order valence-corrected chi connectivity index (χ4v) is 4.35. The van der Waals surface area contributed by atoms with E-state index in [1.54, 1.807) is 12.1 Å². The Bertz CT molecular complexity index is 918. The van der Waals surface area contributed by atoms with Crippen LogP contribution in [0, 0.1) is 5.92 Å². The number of rotatable bonds is 7. The molecule has 0 radical (unpaired) electrons. The van der Waals surface area contributed by atoms with Gasteiger partial charge in [0.05, 0.1) is 11.4 Å². The second-order valence-corrected chi connectivity index (χ2v) is 9.20. The van der Waals surface area contributed by atoms with E-state index >= 15 is 0 Å². The van der Waals surface area contributed by atoms with Gasteiger partial charge in [-0.2, -0.15) is 0 Å². The van der Waals surface area contributed by atoms with Gasteiger partial charge in [0.2, 0.25) is 10.0 Å². The first-order valence-corrected chi connectivity index (χ1v) is 11.6. The quantitative estimate of drug-likeness (QED) is 0.320. The van der Waals surface area contributed by atoms with Crippen LogP contribution in [0.4, 0.5) is 0 Å². The number of sulfonamides is 1. The summed E-state index contributed by atoms with van der Waals surface area (Å²) in [5, 5.41) is 3.39. The molecule has 1 aliphatic rings. The Balaban J connectivity index is 0.00000320. The number of hydrogen-bond acceptors (Lipinski definition) is 3. The molecule has 1 unspecified atom stereocenters. The van der Waals surface area contributed by atoms with E-state index in [-0.39, 0.29) is 28.9 Å². The molecule has 1 heterocycles. The SMILES string of the molecule is CCNC(=NCc1ccc(S(=O)(=O)NC)cc1)N1CCC(Cc2ccccc2)C1.I. The van der Waals surface area contributed by atoms with E-state index in [1.807, 2.05) is 12.1 Å². The number of guanidine groups is 1. The average Bonchev–Trinajstić information content (AvgIpc) is 3.20. The van der Waals surface area contributed by atoms with Gasteiger partial charge < -0.3 is 10.2 Å². The van der Waals surface area contributed by atoms with Crippen LogP contribution in [0.5, 0.6) is 0 Å². The maximum absolute atomic E-state index is 11.8. The van der Waals surface area contributed by atoms with Crippen LogP contribution in [0.15, 0.2) is 64.5 Å². The van der Waals surface area contributed by atoms with E-state index in [2.05, 4.69) is 52.2 Å². The summed E-state index contributed by atoms with van der Waals surface area (Å²) < 4.78 is 26.0. The molecule has 6 nitrogen and oxygen atoms in total. The Labute approximate surface area is 197 Å². The molecule has 0 aromatic heterocycles. The van der Waals surface area contributed by atoms with Gasteiger partial charge in [-0.05, 0) is 56.0 Å². The maximum atomic E-state index is 11.8. The molecule has 1 atom stereocenters. The summed E-state index contributed by atoms with van der Waals surface area (Å²) in [6.45, 7) is 5.41. The second-order valence-electron chi connectivity index (χ2n) is 7.31. The fraction of sp³-hybridized carbons (Fsp3) is 0.409. The molecule has 1 fully saturated rings. The fourth-order valence-electron chi connectivity index (χ4n) is 3.62. The summed E-state index contributed by atoms with van der Waals surface area (Å²) in [6.07, 6.45) is 2.26. The van der Waals surface area contributed by atoms with Crippen molar-refractivity contribution in [3.05, 3.63) is 65.7 Å². The van der Waals surface area contributed by atoms with Gasteiger partial charge >= 0.3 is 0 Å². The highest BCUT2D eigenvalue weighted by atomic mass is 127. The van der Waals surface area contributed by atoms with E-state index in [4.69, 9.17) is 4.99 Å². The van der Waals surface area contributed by atoms with Crippen LogP contribution in [-0.2, 0) is 23.0 Å². The van der Waals surface area contributed by atoms with Gasteiger partial charge in [0.1, 0.15) is 0 Å². The largest absolute Gasteiger partial charge is 0.357 e. The molecule has 0 bridgehead atoms. The van der Waals surface area contributed by atoms with Crippen LogP contribution < -0.4 is 10.0 Å². The van der Waals surface area contributed by atoms with Gasteiger partial charge in [-0.1, -0.05) is 42.5 Å². The summed E-state index contributed by atoms with van der Waals surface area (Å²) in [7, 11) is -1.99. The molecule has 0 amide bonds. The molecule has 30 heavy (non-hydrogen) atoms. The molecule has 1 aliphatic heterocycles. The molecule has 0 spiro atoms. The van der Waals surface area contributed by atoms with Crippen LogP contribution >= 0.6 is 24.0 Å². The zero-order valence-corrected chi connectivity index (χ0v) is 20.7. The van der Waals surface area contributed by atoms with Crippen molar-refractivity contribution in [2.24, 2.45) is 10.9 Å². The Morgan fingerprint density at radius 1 is 1.10 bits per heavy atom. The Morgan fingerprint density at radius 3 is 2.43 bits per heavy atom. The molecule has 3 rings (SSSR count). The normalized spacial score (nSPS) is 16.9. The first-order chi connectivity index (χ1) is 14.0. The Morgan fingerprint density at radius 2 is 1.80 bits per heavy atom. The molecule has 0 aliphatic carbocycles. The highest BCUT2D eigenvalue weighted by molar-refractivity contribution is 14.0. The number of benzene rings is 2. The van der Waals surface area contributed by atoms with Crippen molar-refractivity contribution in [1.82, 2.24) is 14.9 Å².